The van der Waals surface area contributed by atoms with E-state index in [1.165, 1.54) is 0 Å². The summed E-state index contributed by atoms with van der Waals surface area (Å²) in [6.45, 7) is 3.88. The van der Waals surface area contributed by atoms with Gasteiger partial charge in [-0.15, -0.1) is 0 Å². The Morgan fingerprint density at radius 2 is 1.62 bits per heavy atom. The van der Waals surface area contributed by atoms with E-state index in [9.17, 15) is 14.7 Å². The third-order valence-electron chi connectivity index (χ3n) is 3.51. The lowest BCUT2D eigenvalue weighted by molar-refractivity contribution is -0.146. The molecule has 0 aliphatic carbocycles. The monoisotopic (exact) mass is 290 g/mol. The fourth-order valence-electron chi connectivity index (χ4n) is 2.18. The molecule has 0 bridgehead atoms. The Kier molecular flexibility index (Phi) is 4.59. The van der Waals surface area contributed by atoms with Crippen LogP contribution in [0.5, 0.6) is 0 Å². The number of piperazine rings is 1. The van der Waals surface area contributed by atoms with Crippen molar-refractivity contribution < 1.29 is 19.8 Å². The van der Waals surface area contributed by atoms with Crippen LogP contribution in [0.25, 0.3) is 5.76 Å². The van der Waals surface area contributed by atoms with Gasteiger partial charge in [0.2, 0.25) is 0 Å². The number of aliphatic carboxylic acids is 1. The van der Waals surface area contributed by atoms with Crippen LogP contribution in [0.4, 0.5) is 5.69 Å². The van der Waals surface area contributed by atoms with Crippen LogP contribution in [0.1, 0.15) is 5.56 Å². The highest BCUT2D eigenvalue weighted by Gasteiger charge is 2.15. The predicted octanol–water partition coefficient (Wildman–Crippen LogP) is 0.991. The van der Waals surface area contributed by atoms with Gasteiger partial charge in [-0.05, 0) is 31.3 Å². The molecule has 6 nitrogen and oxygen atoms in total. The van der Waals surface area contributed by atoms with Crippen molar-refractivity contribution in [2.24, 2.45) is 0 Å². The Hall–Kier alpha value is -2.34. The van der Waals surface area contributed by atoms with Gasteiger partial charge in [0.1, 0.15) is 5.76 Å². The van der Waals surface area contributed by atoms with Crippen LogP contribution in [0, 0.1) is 0 Å². The first-order chi connectivity index (χ1) is 9.97. The second kappa shape index (κ2) is 6.41. The Balaban J connectivity index is 2.08. The highest BCUT2D eigenvalue weighted by atomic mass is 16.4. The van der Waals surface area contributed by atoms with Crippen LogP contribution in [-0.2, 0) is 9.59 Å². The smallest absolute Gasteiger partial charge is 0.376 e. The molecule has 112 valence electrons. The van der Waals surface area contributed by atoms with Gasteiger partial charge in [-0.1, -0.05) is 0 Å². The molecule has 2 N–H and O–H groups in total. The molecular formula is C15H18N2O4. The maximum absolute atomic E-state index is 11.0. The topological polar surface area (TPSA) is 81.1 Å². The molecule has 0 radical (unpaired) electrons. The number of aliphatic hydroxyl groups is 1. The summed E-state index contributed by atoms with van der Waals surface area (Å²) in [5.41, 5.74) is 1.46. The minimum absolute atomic E-state index is 0.340. The lowest BCUT2D eigenvalue weighted by Gasteiger charge is -2.34. The Bertz CT molecular complexity index is 558. The van der Waals surface area contributed by atoms with Gasteiger partial charge in [0, 0.05) is 43.5 Å². The van der Waals surface area contributed by atoms with E-state index in [0.717, 1.165) is 31.9 Å². The first-order valence-corrected chi connectivity index (χ1v) is 6.69. The molecule has 1 fully saturated rings. The number of carbonyl (C=O) groups is 2. The van der Waals surface area contributed by atoms with Gasteiger partial charge in [-0.3, -0.25) is 4.79 Å². The van der Waals surface area contributed by atoms with E-state index >= 15 is 0 Å². The molecule has 0 spiro atoms. The van der Waals surface area contributed by atoms with E-state index in [2.05, 4.69) is 16.8 Å². The number of ketones is 1. The number of anilines is 1. The van der Waals surface area contributed by atoms with E-state index in [-0.39, 0.29) is 5.76 Å². The number of hydrogen-bond acceptors (Lipinski definition) is 5. The molecule has 1 aliphatic heterocycles. The summed E-state index contributed by atoms with van der Waals surface area (Å²) in [4.78, 5) is 26.0. The highest BCUT2D eigenvalue weighted by Crippen LogP contribution is 2.20. The number of hydrogen-bond donors (Lipinski definition) is 2. The SMILES string of the molecule is CN1CCN(c2ccc(C(O)=CC(=O)C(=O)O)cc2)CC1. The minimum atomic E-state index is -1.59. The second-order valence-electron chi connectivity index (χ2n) is 5.04. The van der Waals surface area contributed by atoms with Gasteiger partial charge in [0.15, 0.2) is 0 Å². The van der Waals surface area contributed by atoms with E-state index in [1.807, 2.05) is 12.1 Å². The van der Waals surface area contributed by atoms with Gasteiger partial charge in [0.05, 0.1) is 0 Å². The molecule has 0 saturated carbocycles. The molecular weight excluding hydrogens is 272 g/mol. The number of likely N-dealkylation sites (N-methyl/N-ethyl adjacent to an activating group) is 1. The third-order valence-corrected chi connectivity index (χ3v) is 3.51. The Morgan fingerprint density at radius 3 is 2.14 bits per heavy atom. The number of aliphatic hydroxyl groups excluding tert-OH is 1. The Morgan fingerprint density at radius 1 is 1.05 bits per heavy atom. The number of carbonyl (C=O) groups excluding carboxylic acids is 1. The van der Waals surface area contributed by atoms with Gasteiger partial charge in [0.25, 0.3) is 5.78 Å². The molecule has 1 heterocycles. The molecule has 0 amide bonds. The zero-order chi connectivity index (χ0) is 15.4. The van der Waals surface area contributed by atoms with Crippen LogP contribution in [0.3, 0.4) is 0 Å². The molecule has 1 saturated heterocycles. The van der Waals surface area contributed by atoms with E-state index in [0.29, 0.717) is 11.6 Å². The van der Waals surface area contributed by atoms with Crippen molar-refractivity contribution >= 4 is 23.2 Å². The van der Waals surface area contributed by atoms with Gasteiger partial charge < -0.3 is 20.0 Å². The quantitative estimate of drug-likeness (QED) is 0.489. The summed E-state index contributed by atoms with van der Waals surface area (Å²) in [5, 5.41) is 18.2. The van der Waals surface area contributed by atoms with Gasteiger partial charge in [-0.2, -0.15) is 0 Å². The summed E-state index contributed by atoms with van der Waals surface area (Å²) >= 11 is 0. The average Bonchev–Trinajstić information content (AvgIpc) is 2.48. The van der Waals surface area contributed by atoms with E-state index in [4.69, 9.17) is 5.11 Å². The van der Waals surface area contributed by atoms with Gasteiger partial charge in [-0.25, -0.2) is 4.79 Å². The Labute approximate surface area is 122 Å². The molecule has 21 heavy (non-hydrogen) atoms. The summed E-state index contributed by atoms with van der Waals surface area (Å²) < 4.78 is 0. The normalized spacial score (nSPS) is 16.8. The predicted molar refractivity (Wildman–Crippen MR) is 79.4 cm³/mol. The first-order valence-electron chi connectivity index (χ1n) is 6.69. The lowest BCUT2D eigenvalue weighted by Crippen LogP contribution is -2.44. The van der Waals surface area contributed by atoms with Crippen molar-refractivity contribution in [3.63, 3.8) is 0 Å². The van der Waals surface area contributed by atoms with Crippen molar-refractivity contribution in [1.29, 1.82) is 0 Å². The average molecular weight is 290 g/mol. The van der Waals surface area contributed by atoms with Crippen LogP contribution in [-0.4, -0.2) is 60.1 Å². The summed E-state index contributed by atoms with van der Waals surface area (Å²) in [6.07, 6.45) is 0.715. The van der Waals surface area contributed by atoms with Gasteiger partial charge >= 0.3 is 5.97 Å². The largest absolute Gasteiger partial charge is 0.507 e. The molecule has 1 aliphatic rings. The van der Waals surface area contributed by atoms with Crippen molar-refractivity contribution in [3.8, 4) is 0 Å². The number of nitrogens with zero attached hydrogens (tertiary/aromatic N) is 2. The lowest BCUT2D eigenvalue weighted by atomic mass is 10.1. The number of benzene rings is 1. The zero-order valence-corrected chi connectivity index (χ0v) is 11.8. The highest BCUT2D eigenvalue weighted by molar-refractivity contribution is 6.38. The maximum atomic E-state index is 11.0. The number of carboxylic acids is 1. The van der Waals surface area contributed by atoms with Crippen molar-refractivity contribution in [3.05, 3.63) is 35.9 Å². The second-order valence-corrected chi connectivity index (χ2v) is 5.04. The van der Waals surface area contributed by atoms with Crippen molar-refractivity contribution in [2.75, 3.05) is 38.1 Å². The van der Waals surface area contributed by atoms with E-state index in [1.54, 1.807) is 12.1 Å². The van der Waals surface area contributed by atoms with Crippen LogP contribution < -0.4 is 4.90 Å². The summed E-state index contributed by atoms with van der Waals surface area (Å²) in [7, 11) is 2.09. The molecule has 2 rings (SSSR count). The molecule has 1 aromatic carbocycles. The zero-order valence-electron chi connectivity index (χ0n) is 11.8. The fraction of sp³-hybridized carbons (Fsp3) is 0.333. The molecule has 1 aromatic rings. The van der Waals surface area contributed by atoms with E-state index < -0.39 is 11.8 Å². The van der Waals surface area contributed by atoms with Crippen molar-refractivity contribution in [2.45, 2.75) is 0 Å². The standard InChI is InChI=1S/C15H18N2O4/c1-16-6-8-17(9-7-16)12-4-2-11(3-5-12)13(18)10-14(19)15(20)21/h2-5,10,18H,6-9H2,1H3,(H,20,21). The van der Waals surface area contributed by atoms with Crippen molar-refractivity contribution in [1.82, 2.24) is 4.90 Å². The third kappa shape index (κ3) is 3.82. The summed E-state index contributed by atoms with van der Waals surface area (Å²) in [6, 6.07) is 7.06. The number of carboxylic acid groups (broad SMARTS) is 1. The first kappa shape index (κ1) is 15.1. The molecule has 0 atom stereocenters. The fourth-order valence-corrected chi connectivity index (χ4v) is 2.18. The molecule has 6 heteroatoms. The molecule has 0 aromatic heterocycles. The van der Waals surface area contributed by atoms with Crippen LogP contribution in [0.2, 0.25) is 0 Å². The molecule has 0 unspecified atom stereocenters. The number of rotatable bonds is 4. The summed E-state index contributed by atoms with van der Waals surface area (Å²) in [5.74, 6) is -3.07. The minimum Gasteiger partial charge on any atom is -0.507 e. The van der Waals surface area contributed by atoms with Crippen LogP contribution in [0.15, 0.2) is 30.3 Å². The maximum Gasteiger partial charge on any atom is 0.376 e. The van der Waals surface area contributed by atoms with Crippen LogP contribution >= 0.6 is 0 Å².